The molecule has 0 bridgehead atoms. The molecule has 0 aliphatic rings. The molecule has 0 unspecified atom stereocenters. The summed E-state index contributed by atoms with van der Waals surface area (Å²) in [4.78, 5) is 11.8. The highest BCUT2D eigenvalue weighted by Crippen LogP contribution is 2.16. The van der Waals surface area contributed by atoms with Gasteiger partial charge < -0.3 is 5.32 Å². The molecule has 1 aromatic carbocycles. The number of halogens is 2. The number of nitrogens with one attached hydrogen (secondary N) is 1. The lowest BCUT2D eigenvalue weighted by Crippen LogP contribution is -2.12. The second kappa shape index (κ2) is 4.95. The number of rotatable bonds is 3. The molecule has 4 nitrogen and oxygen atoms in total. The normalized spacial score (nSPS) is 10.4. The highest BCUT2D eigenvalue weighted by molar-refractivity contribution is 6.03. The van der Waals surface area contributed by atoms with E-state index in [9.17, 15) is 13.6 Å². The van der Waals surface area contributed by atoms with E-state index in [1.807, 2.05) is 6.92 Å². The fourth-order valence-electron chi connectivity index (χ4n) is 1.44. The van der Waals surface area contributed by atoms with E-state index < -0.39 is 17.5 Å². The van der Waals surface area contributed by atoms with Crippen LogP contribution in [0.2, 0.25) is 0 Å². The molecule has 94 valence electrons. The zero-order valence-electron chi connectivity index (χ0n) is 9.65. The molecule has 0 fully saturated rings. The average Bonchev–Trinajstić information content (AvgIpc) is 2.82. The van der Waals surface area contributed by atoms with Crippen LogP contribution < -0.4 is 5.32 Å². The van der Waals surface area contributed by atoms with Crippen molar-refractivity contribution in [2.45, 2.75) is 13.5 Å². The quantitative estimate of drug-likeness (QED) is 0.910. The van der Waals surface area contributed by atoms with Gasteiger partial charge >= 0.3 is 0 Å². The summed E-state index contributed by atoms with van der Waals surface area (Å²) in [6, 6.07) is 2.87. The van der Waals surface area contributed by atoms with Gasteiger partial charge in [0.1, 0.15) is 11.6 Å². The third-order valence-electron chi connectivity index (χ3n) is 2.40. The minimum atomic E-state index is -0.687. The highest BCUT2D eigenvalue weighted by atomic mass is 19.1. The van der Waals surface area contributed by atoms with Crippen LogP contribution in [-0.4, -0.2) is 15.7 Å². The van der Waals surface area contributed by atoms with E-state index in [4.69, 9.17) is 0 Å². The van der Waals surface area contributed by atoms with Gasteiger partial charge in [-0.3, -0.25) is 9.48 Å². The van der Waals surface area contributed by atoms with Gasteiger partial charge in [0.15, 0.2) is 0 Å². The Morgan fingerprint density at radius 1 is 1.44 bits per heavy atom. The van der Waals surface area contributed by atoms with Crippen LogP contribution in [0, 0.1) is 11.6 Å². The summed E-state index contributed by atoms with van der Waals surface area (Å²) < 4.78 is 27.8. The summed E-state index contributed by atoms with van der Waals surface area (Å²) >= 11 is 0. The van der Waals surface area contributed by atoms with E-state index in [1.165, 1.54) is 12.4 Å². The fraction of sp³-hybridized carbons (Fsp3) is 0.167. The lowest BCUT2D eigenvalue weighted by atomic mass is 10.2. The number of carbonyl (C=O) groups is 1. The van der Waals surface area contributed by atoms with Crippen molar-refractivity contribution in [3.05, 3.63) is 47.8 Å². The summed E-state index contributed by atoms with van der Waals surface area (Å²) in [6.45, 7) is 2.50. The van der Waals surface area contributed by atoms with Crippen molar-refractivity contribution in [2.24, 2.45) is 0 Å². The number of aromatic nitrogens is 2. The Labute approximate surface area is 102 Å². The summed E-state index contributed by atoms with van der Waals surface area (Å²) in [5.41, 5.74) is 0.102. The Kier molecular flexibility index (Phi) is 3.36. The zero-order valence-corrected chi connectivity index (χ0v) is 9.65. The number of hydrogen-bond acceptors (Lipinski definition) is 2. The maximum Gasteiger partial charge on any atom is 0.258 e. The summed E-state index contributed by atoms with van der Waals surface area (Å²) in [7, 11) is 0. The monoisotopic (exact) mass is 251 g/mol. The number of amides is 1. The number of aryl methyl sites for hydroxylation is 1. The molecule has 0 spiro atoms. The van der Waals surface area contributed by atoms with Gasteiger partial charge in [-0.2, -0.15) is 5.10 Å². The molecule has 1 aromatic heterocycles. The Balaban J connectivity index is 2.18. The second-order valence-corrected chi connectivity index (χ2v) is 3.66. The number of hydrogen-bond donors (Lipinski definition) is 1. The van der Waals surface area contributed by atoms with Crippen LogP contribution in [0.4, 0.5) is 14.5 Å². The van der Waals surface area contributed by atoms with Crippen LogP contribution in [0.15, 0.2) is 30.6 Å². The molecule has 1 heterocycles. The Bertz CT molecular complexity index is 580. The van der Waals surface area contributed by atoms with Crippen LogP contribution in [0.3, 0.4) is 0 Å². The highest BCUT2D eigenvalue weighted by Gasteiger charge is 2.11. The van der Waals surface area contributed by atoms with Crippen molar-refractivity contribution in [1.82, 2.24) is 9.78 Å². The molecule has 1 N–H and O–H groups in total. The first-order valence-corrected chi connectivity index (χ1v) is 5.39. The molecule has 0 saturated heterocycles. The standard InChI is InChI=1S/C12H11F2N3O/c1-2-17-7-8(6-15-17)12(18)16-11-5-9(13)3-4-10(11)14/h3-7H,2H2,1H3,(H,16,18). The van der Waals surface area contributed by atoms with Crippen LogP contribution in [0.5, 0.6) is 0 Å². The van der Waals surface area contributed by atoms with E-state index in [0.29, 0.717) is 12.1 Å². The fourth-order valence-corrected chi connectivity index (χ4v) is 1.44. The van der Waals surface area contributed by atoms with Gasteiger partial charge in [0.2, 0.25) is 0 Å². The molecule has 0 saturated carbocycles. The topological polar surface area (TPSA) is 46.9 Å². The van der Waals surface area contributed by atoms with Crippen molar-refractivity contribution >= 4 is 11.6 Å². The Morgan fingerprint density at radius 3 is 2.89 bits per heavy atom. The molecule has 2 aromatic rings. The second-order valence-electron chi connectivity index (χ2n) is 3.66. The molecule has 0 aliphatic heterocycles. The Hall–Kier alpha value is -2.24. The third-order valence-corrected chi connectivity index (χ3v) is 2.40. The van der Waals surface area contributed by atoms with Crippen molar-refractivity contribution in [1.29, 1.82) is 0 Å². The van der Waals surface area contributed by atoms with E-state index in [0.717, 1.165) is 18.2 Å². The van der Waals surface area contributed by atoms with Gasteiger partial charge in [-0.25, -0.2) is 8.78 Å². The van der Waals surface area contributed by atoms with Crippen LogP contribution >= 0.6 is 0 Å². The number of carbonyl (C=O) groups excluding carboxylic acids is 1. The largest absolute Gasteiger partial charge is 0.319 e. The summed E-state index contributed by atoms with van der Waals surface area (Å²) in [5.74, 6) is -1.83. The molecule has 0 radical (unpaired) electrons. The average molecular weight is 251 g/mol. The molecule has 1 amide bonds. The molecular formula is C12H11F2N3O. The molecule has 0 atom stereocenters. The van der Waals surface area contributed by atoms with E-state index in [-0.39, 0.29) is 5.69 Å². The maximum absolute atomic E-state index is 13.3. The van der Waals surface area contributed by atoms with E-state index in [2.05, 4.69) is 10.4 Å². The van der Waals surface area contributed by atoms with Gasteiger partial charge in [0.05, 0.1) is 17.4 Å². The van der Waals surface area contributed by atoms with Crippen LogP contribution in [0.1, 0.15) is 17.3 Å². The van der Waals surface area contributed by atoms with Gasteiger partial charge in [-0.1, -0.05) is 0 Å². The predicted molar refractivity (Wildman–Crippen MR) is 62.2 cm³/mol. The minimum absolute atomic E-state index is 0.191. The van der Waals surface area contributed by atoms with Gasteiger partial charge in [0, 0.05) is 18.8 Å². The summed E-state index contributed by atoms with van der Waals surface area (Å²) in [6.07, 6.45) is 2.91. The first-order chi connectivity index (χ1) is 8.60. The van der Waals surface area contributed by atoms with Crippen molar-refractivity contribution in [3.63, 3.8) is 0 Å². The third kappa shape index (κ3) is 2.53. The van der Waals surface area contributed by atoms with Crippen LogP contribution in [-0.2, 0) is 6.54 Å². The summed E-state index contributed by atoms with van der Waals surface area (Å²) in [5, 5.41) is 6.22. The number of nitrogens with zero attached hydrogens (tertiary/aromatic N) is 2. The maximum atomic E-state index is 13.3. The van der Waals surface area contributed by atoms with Crippen LogP contribution in [0.25, 0.3) is 0 Å². The Morgan fingerprint density at radius 2 is 2.22 bits per heavy atom. The number of anilines is 1. The molecule has 18 heavy (non-hydrogen) atoms. The molecule has 2 rings (SSSR count). The lowest BCUT2D eigenvalue weighted by Gasteiger charge is -2.04. The van der Waals surface area contributed by atoms with Gasteiger partial charge in [-0.15, -0.1) is 0 Å². The van der Waals surface area contributed by atoms with Crippen molar-refractivity contribution in [2.75, 3.05) is 5.32 Å². The molecule has 0 aliphatic carbocycles. The van der Waals surface area contributed by atoms with E-state index >= 15 is 0 Å². The lowest BCUT2D eigenvalue weighted by molar-refractivity contribution is 0.102. The number of benzene rings is 1. The van der Waals surface area contributed by atoms with Crippen molar-refractivity contribution in [3.8, 4) is 0 Å². The van der Waals surface area contributed by atoms with Gasteiger partial charge in [-0.05, 0) is 19.1 Å². The van der Waals surface area contributed by atoms with Gasteiger partial charge in [0.25, 0.3) is 5.91 Å². The first kappa shape index (κ1) is 12.2. The zero-order chi connectivity index (χ0) is 13.1. The molecular weight excluding hydrogens is 240 g/mol. The molecule has 6 heteroatoms. The smallest absolute Gasteiger partial charge is 0.258 e. The minimum Gasteiger partial charge on any atom is -0.319 e. The first-order valence-electron chi connectivity index (χ1n) is 5.39. The van der Waals surface area contributed by atoms with E-state index in [1.54, 1.807) is 4.68 Å². The predicted octanol–water partition coefficient (Wildman–Crippen LogP) is 2.43. The van der Waals surface area contributed by atoms with Crippen molar-refractivity contribution < 1.29 is 13.6 Å². The SMILES string of the molecule is CCn1cc(C(=O)Nc2cc(F)ccc2F)cn1.